The van der Waals surface area contributed by atoms with Gasteiger partial charge in [0.25, 0.3) is 5.56 Å². The van der Waals surface area contributed by atoms with Gasteiger partial charge in [-0.3, -0.25) is 9.36 Å². The Morgan fingerprint density at radius 2 is 1.69 bits per heavy atom. The smallest absolute Gasteiger partial charge is 0.343 e. The third-order valence-corrected chi connectivity index (χ3v) is 8.48. The first kappa shape index (κ1) is 34.9. The van der Waals surface area contributed by atoms with Gasteiger partial charge in [0.05, 0.1) is 49.3 Å². The SMILES string of the molecule is CCOC(=O)C1=C(C)N=c2s/c(=C\c3ccc(OCc4ccccc4F)c(OC)c3)c(=O)n2[C@@H]1c1ccc(OCC(=O)OC)c(OCC)c1. The minimum Gasteiger partial charge on any atom is -0.493 e. The van der Waals surface area contributed by atoms with Gasteiger partial charge < -0.3 is 28.4 Å². The van der Waals surface area contributed by atoms with Gasteiger partial charge in [-0.2, -0.15) is 0 Å². The third-order valence-electron chi connectivity index (χ3n) is 7.50. The first-order valence-electron chi connectivity index (χ1n) is 15.4. The summed E-state index contributed by atoms with van der Waals surface area (Å²) < 4.78 is 48.8. The van der Waals surface area contributed by atoms with E-state index in [-0.39, 0.29) is 49.1 Å². The van der Waals surface area contributed by atoms with E-state index < -0.39 is 18.0 Å². The molecule has 0 bridgehead atoms. The Morgan fingerprint density at radius 3 is 2.41 bits per heavy atom. The third kappa shape index (κ3) is 7.67. The highest BCUT2D eigenvalue weighted by Gasteiger charge is 2.34. The fourth-order valence-electron chi connectivity index (χ4n) is 5.20. The fraction of sp³-hybridized carbons (Fsp3) is 0.278. The molecule has 5 rings (SSSR count). The summed E-state index contributed by atoms with van der Waals surface area (Å²) in [7, 11) is 2.75. The van der Waals surface area contributed by atoms with Gasteiger partial charge in [-0.05, 0) is 68.3 Å². The fourth-order valence-corrected chi connectivity index (χ4v) is 6.25. The summed E-state index contributed by atoms with van der Waals surface area (Å²) in [6.45, 7) is 5.27. The van der Waals surface area contributed by atoms with Crippen LogP contribution in [0.3, 0.4) is 0 Å². The molecule has 0 radical (unpaired) electrons. The predicted molar refractivity (Wildman–Crippen MR) is 179 cm³/mol. The maximum absolute atomic E-state index is 14.1. The summed E-state index contributed by atoms with van der Waals surface area (Å²) in [4.78, 5) is 44.2. The van der Waals surface area contributed by atoms with Crippen LogP contribution < -0.4 is 33.8 Å². The van der Waals surface area contributed by atoms with Crippen molar-refractivity contribution in [2.45, 2.75) is 33.4 Å². The minimum atomic E-state index is -0.907. The number of carbonyl (C=O) groups excluding carboxylic acids is 2. The maximum Gasteiger partial charge on any atom is 0.343 e. The number of hydrogen-bond donors (Lipinski definition) is 0. The van der Waals surface area contributed by atoms with Gasteiger partial charge in [0, 0.05) is 5.56 Å². The number of rotatable bonds is 13. The number of thiazole rings is 1. The van der Waals surface area contributed by atoms with Crippen LogP contribution in [0.15, 0.2) is 81.7 Å². The number of methoxy groups -OCH3 is 2. The molecular formula is C36H35FN2O9S. The molecule has 256 valence electrons. The van der Waals surface area contributed by atoms with Crippen molar-refractivity contribution in [2.24, 2.45) is 4.99 Å². The molecule has 0 saturated carbocycles. The second kappa shape index (κ2) is 15.6. The van der Waals surface area contributed by atoms with Crippen molar-refractivity contribution < 1.29 is 42.4 Å². The highest BCUT2D eigenvalue weighted by Crippen LogP contribution is 2.36. The van der Waals surface area contributed by atoms with Gasteiger partial charge in [-0.25, -0.2) is 19.0 Å². The normalized spacial score (nSPS) is 14.1. The Morgan fingerprint density at radius 1 is 0.939 bits per heavy atom. The Hall–Kier alpha value is -5.43. The first-order chi connectivity index (χ1) is 23.7. The lowest BCUT2D eigenvalue weighted by molar-refractivity contribution is -0.143. The first-order valence-corrected chi connectivity index (χ1v) is 16.2. The average Bonchev–Trinajstić information content (AvgIpc) is 3.40. The van der Waals surface area contributed by atoms with Crippen molar-refractivity contribution >= 4 is 29.4 Å². The van der Waals surface area contributed by atoms with E-state index >= 15 is 0 Å². The van der Waals surface area contributed by atoms with E-state index in [4.69, 9.17) is 23.7 Å². The molecule has 1 aliphatic rings. The number of halogens is 1. The van der Waals surface area contributed by atoms with Crippen LogP contribution in [-0.4, -0.2) is 50.5 Å². The zero-order valence-electron chi connectivity index (χ0n) is 27.6. The summed E-state index contributed by atoms with van der Waals surface area (Å²) in [6.07, 6.45) is 1.70. The van der Waals surface area contributed by atoms with Crippen molar-refractivity contribution in [3.05, 3.63) is 114 Å². The number of esters is 2. The lowest BCUT2D eigenvalue weighted by atomic mass is 9.95. The van der Waals surface area contributed by atoms with Gasteiger partial charge in [0.15, 0.2) is 34.4 Å². The van der Waals surface area contributed by atoms with Gasteiger partial charge in [0.1, 0.15) is 12.4 Å². The molecular weight excluding hydrogens is 655 g/mol. The largest absolute Gasteiger partial charge is 0.493 e. The highest BCUT2D eigenvalue weighted by atomic mass is 32.1. The maximum atomic E-state index is 14.1. The van der Waals surface area contributed by atoms with Crippen LogP contribution in [0, 0.1) is 5.82 Å². The van der Waals surface area contributed by atoms with Crippen molar-refractivity contribution in [3.63, 3.8) is 0 Å². The highest BCUT2D eigenvalue weighted by molar-refractivity contribution is 7.07. The number of fused-ring (bicyclic) bond motifs is 1. The summed E-state index contributed by atoms with van der Waals surface area (Å²) >= 11 is 1.17. The standard InChI is InChI=1S/C36H35FN2O9S/c1-6-45-29-18-23(13-15-27(29)48-20-31(40)44-5)33-32(35(42)46-7-2)21(3)38-36-39(33)34(41)30(49-36)17-22-12-14-26(28(16-22)43-4)47-19-24-10-8-9-11-25(24)37/h8-18,33H,6-7,19-20H2,1-5H3/b30-17-/t33-/m1/s1. The molecule has 1 aromatic heterocycles. The van der Waals surface area contributed by atoms with Crippen LogP contribution in [0.25, 0.3) is 6.08 Å². The predicted octanol–water partition coefficient (Wildman–Crippen LogP) is 4.48. The Balaban J connectivity index is 1.56. The van der Waals surface area contributed by atoms with E-state index in [9.17, 15) is 18.8 Å². The van der Waals surface area contributed by atoms with E-state index in [0.29, 0.717) is 49.0 Å². The van der Waals surface area contributed by atoms with Crippen LogP contribution in [0.5, 0.6) is 23.0 Å². The summed E-state index contributed by atoms with van der Waals surface area (Å²) in [6, 6.07) is 15.6. The van der Waals surface area contributed by atoms with Crippen LogP contribution in [0.2, 0.25) is 0 Å². The molecule has 0 N–H and O–H groups in total. The summed E-state index contributed by atoms with van der Waals surface area (Å²) in [5, 5.41) is 0. The number of benzene rings is 3. The van der Waals surface area contributed by atoms with Crippen molar-refractivity contribution in [3.8, 4) is 23.0 Å². The molecule has 11 nitrogen and oxygen atoms in total. The number of hydrogen-bond acceptors (Lipinski definition) is 11. The summed E-state index contributed by atoms with van der Waals surface area (Å²) in [5.74, 6) is -0.139. The number of nitrogens with zero attached hydrogens (tertiary/aromatic N) is 2. The molecule has 1 atom stereocenters. The van der Waals surface area contributed by atoms with Gasteiger partial charge in [-0.15, -0.1) is 0 Å². The average molecular weight is 691 g/mol. The van der Waals surface area contributed by atoms with Crippen LogP contribution in [0.4, 0.5) is 4.39 Å². The van der Waals surface area contributed by atoms with Crippen molar-refractivity contribution in [1.82, 2.24) is 4.57 Å². The lowest BCUT2D eigenvalue weighted by Gasteiger charge is -2.25. The molecule has 2 heterocycles. The van der Waals surface area contributed by atoms with Gasteiger partial charge >= 0.3 is 11.9 Å². The molecule has 1 aliphatic heterocycles. The molecule has 0 unspecified atom stereocenters. The van der Waals surface area contributed by atoms with Crippen LogP contribution in [0.1, 0.15) is 43.5 Å². The number of ether oxygens (including phenoxy) is 6. The Labute approximate surface area is 285 Å². The minimum absolute atomic E-state index is 0.00647. The Bertz CT molecular complexity index is 2090. The van der Waals surface area contributed by atoms with E-state index in [0.717, 1.165) is 0 Å². The molecule has 49 heavy (non-hydrogen) atoms. The van der Waals surface area contributed by atoms with Crippen molar-refractivity contribution in [2.75, 3.05) is 34.0 Å². The molecule has 4 aromatic rings. The van der Waals surface area contributed by atoms with Crippen LogP contribution >= 0.6 is 11.3 Å². The van der Waals surface area contributed by atoms with E-state index in [1.165, 1.54) is 36.2 Å². The van der Waals surface area contributed by atoms with Gasteiger partial charge in [0.2, 0.25) is 0 Å². The zero-order valence-corrected chi connectivity index (χ0v) is 28.4. The van der Waals surface area contributed by atoms with E-state index in [1.807, 2.05) is 0 Å². The number of aromatic nitrogens is 1. The van der Waals surface area contributed by atoms with Crippen LogP contribution in [-0.2, 0) is 25.7 Å². The zero-order chi connectivity index (χ0) is 35.1. The molecule has 3 aromatic carbocycles. The van der Waals surface area contributed by atoms with Crippen molar-refractivity contribution in [1.29, 1.82) is 0 Å². The second-order valence-electron chi connectivity index (χ2n) is 10.6. The molecule has 13 heteroatoms. The molecule has 0 amide bonds. The quantitative estimate of drug-likeness (QED) is 0.187. The number of carbonyl (C=O) groups is 2. The molecule has 0 aliphatic carbocycles. The lowest BCUT2D eigenvalue weighted by Crippen LogP contribution is -2.40. The monoisotopic (exact) mass is 690 g/mol. The van der Waals surface area contributed by atoms with E-state index in [1.54, 1.807) is 81.4 Å². The van der Waals surface area contributed by atoms with Gasteiger partial charge in [-0.1, -0.05) is 41.7 Å². The van der Waals surface area contributed by atoms with E-state index in [2.05, 4.69) is 9.73 Å². The Kier molecular flexibility index (Phi) is 11.1. The molecule has 0 spiro atoms. The topological polar surface area (TPSA) is 124 Å². The molecule has 0 fully saturated rings. The second-order valence-corrected chi connectivity index (χ2v) is 11.6. The summed E-state index contributed by atoms with van der Waals surface area (Å²) in [5.41, 5.74) is 1.80. The molecule has 0 saturated heterocycles. The number of allylic oxidation sites excluding steroid dienone is 1.